The number of nitrogens with one attached hydrogen (secondary N) is 1. The lowest BCUT2D eigenvalue weighted by Crippen LogP contribution is -2.46. The smallest absolute Gasteiger partial charge is 0.410 e. The number of amides is 1. The molecule has 5 heteroatoms. The van der Waals surface area contributed by atoms with Crippen molar-refractivity contribution in [2.75, 3.05) is 20.1 Å². The highest BCUT2D eigenvalue weighted by atomic mass is 35.5. The molecule has 0 radical (unpaired) electrons. The Hall–Kier alpha value is -0.480. The molecule has 1 amide bonds. The Balaban J connectivity index is 0.000000720. The Morgan fingerprint density at radius 2 is 2.42 bits per heavy atom. The van der Waals surface area contributed by atoms with Crippen LogP contribution in [-0.4, -0.2) is 43.3 Å². The van der Waals surface area contributed by atoms with Crippen molar-refractivity contribution in [1.82, 2.24) is 10.2 Å². The monoisotopic (exact) mass is 192 g/mol. The van der Waals surface area contributed by atoms with Crippen LogP contribution in [-0.2, 0) is 4.74 Å². The van der Waals surface area contributed by atoms with E-state index in [0.717, 1.165) is 19.5 Å². The van der Waals surface area contributed by atoms with Gasteiger partial charge in [-0.05, 0) is 13.0 Å². The fourth-order valence-corrected chi connectivity index (χ4v) is 1.73. The minimum atomic E-state index is -0.177. The summed E-state index contributed by atoms with van der Waals surface area (Å²) in [5, 5.41) is 3.19. The molecule has 0 aromatic rings. The van der Waals surface area contributed by atoms with Gasteiger partial charge < -0.3 is 15.0 Å². The van der Waals surface area contributed by atoms with Crippen molar-refractivity contribution in [3.05, 3.63) is 0 Å². The Kier molecular flexibility index (Phi) is 2.80. The molecule has 1 N–H and O–H groups in total. The molecule has 0 saturated carbocycles. The molecular weight excluding hydrogens is 180 g/mol. The van der Waals surface area contributed by atoms with E-state index in [0.29, 0.717) is 6.04 Å². The molecule has 2 aliphatic heterocycles. The summed E-state index contributed by atoms with van der Waals surface area (Å²) in [7, 11) is 1.80. The predicted octanol–water partition coefficient (Wildman–Crippen LogP) is 0.221. The summed E-state index contributed by atoms with van der Waals surface area (Å²) < 4.78 is 5.10. The van der Waals surface area contributed by atoms with Gasteiger partial charge >= 0.3 is 6.09 Å². The van der Waals surface area contributed by atoms with Gasteiger partial charge in [0.15, 0.2) is 0 Å². The zero-order valence-electron chi connectivity index (χ0n) is 6.95. The van der Waals surface area contributed by atoms with Gasteiger partial charge in [-0.2, -0.15) is 0 Å². The summed E-state index contributed by atoms with van der Waals surface area (Å²) >= 11 is 0. The summed E-state index contributed by atoms with van der Waals surface area (Å²) in [5.74, 6) is 0. The van der Waals surface area contributed by atoms with Crippen LogP contribution in [0.3, 0.4) is 0 Å². The zero-order valence-corrected chi connectivity index (χ0v) is 7.76. The highest BCUT2D eigenvalue weighted by molar-refractivity contribution is 5.85. The fraction of sp³-hybridized carbons (Fsp3) is 0.857. The van der Waals surface area contributed by atoms with Crippen molar-refractivity contribution in [3.8, 4) is 0 Å². The molecule has 0 aromatic carbocycles. The molecule has 0 aromatic heterocycles. The molecule has 70 valence electrons. The van der Waals surface area contributed by atoms with Crippen LogP contribution < -0.4 is 5.32 Å². The van der Waals surface area contributed by atoms with Crippen LogP contribution in [0.1, 0.15) is 6.42 Å². The van der Waals surface area contributed by atoms with Crippen molar-refractivity contribution in [2.45, 2.75) is 18.6 Å². The summed E-state index contributed by atoms with van der Waals surface area (Å²) in [6.45, 7) is 1.79. The van der Waals surface area contributed by atoms with E-state index < -0.39 is 0 Å². The molecule has 12 heavy (non-hydrogen) atoms. The van der Waals surface area contributed by atoms with Gasteiger partial charge in [0.25, 0.3) is 0 Å². The van der Waals surface area contributed by atoms with Crippen LogP contribution in [0.25, 0.3) is 0 Å². The van der Waals surface area contributed by atoms with E-state index in [-0.39, 0.29) is 24.6 Å². The van der Waals surface area contributed by atoms with E-state index in [1.165, 1.54) is 0 Å². The number of carbonyl (C=O) groups excluding carboxylic acids is 1. The number of hydrogen-bond donors (Lipinski definition) is 1. The average Bonchev–Trinajstić information content (AvgIpc) is 2.30. The van der Waals surface area contributed by atoms with Crippen LogP contribution in [0.4, 0.5) is 4.79 Å². The molecule has 2 fully saturated rings. The first kappa shape index (κ1) is 9.61. The third-order valence-electron chi connectivity index (χ3n) is 2.43. The zero-order chi connectivity index (χ0) is 7.84. The maximum absolute atomic E-state index is 11.0. The van der Waals surface area contributed by atoms with Crippen LogP contribution >= 0.6 is 12.4 Å². The van der Waals surface area contributed by atoms with Crippen LogP contribution in [0.5, 0.6) is 0 Å². The number of rotatable bonds is 0. The van der Waals surface area contributed by atoms with Gasteiger partial charge in [-0.15, -0.1) is 12.4 Å². The SMILES string of the molecule is CN1C(=O)O[C@@H]2CNCC[C@H]21.Cl. The quantitative estimate of drug-likeness (QED) is 0.597. The van der Waals surface area contributed by atoms with Crippen molar-refractivity contribution < 1.29 is 9.53 Å². The van der Waals surface area contributed by atoms with Gasteiger partial charge in [0.1, 0.15) is 6.10 Å². The average molecular weight is 193 g/mol. The lowest BCUT2D eigenvalue weighted by Gasteiger charge is -2.26. The Morgan fingerprint density at radius 3 is 3.08 bits per heavy atom. The first-order valence-corrected chi connectivity index (χ1v) is 3.93. The molecule has 0 bridgehead atoms. The molecule has 0 unspecified atom stereocenters. The maximum Gasteiger partial charge on any atom is 0.410 e. The number of hydrogen-bond acceptors (Lipinski definition) is 3. The largest absolute Gasteiger partial charge is 0.443 e. The molecule has 2 heterocycles. The Bertz CT molecular complexity index is 188. The topological polar surface area (TPSA) is 41.6 Å². The van der Waals surface area contributed by atoms with E-state index in [1.54, 1.807) is 11.9 Å². The summed E-state index contributed by atoms with van der Waals surface area (Å²) in [4.78, 5) is 12.7. The molecule has 2 saturated heterocycles. The van der Waals surface area contributed by atoms with Gasteiger partial charge in [0, 0.05) is 13.6 Å². The normalized spacial score (nSPS) is 33.8. The number of likely N-dealkylation sites (N-methyl/N-ethyl adjacent to an activating group) is 1. The first-order chi connectivity index (χ1) is 5.29. The van der Waals surface area contributed by atoms with Gasteiger partial charge in [-0.3, -0.25) is 0 Å². The Morgan fingerprint density at radius 1 is 1.67 bits per heavy atom. The van der Waals surface area contributed by atoms with Crippen LogP contribution in [0.2, 0.25) is 0 Å². The molecular formula is C7H13ClN2O2. The van der Waals surface area contributed by atoms with Crippen molar-refractivity contribution >= 4 is 18.5 Å². The number of piperidine rings is 1. The lowest BCUT2D eigenvalue weighted by molar-refractivity contribution is 0.121. The van der Waals surface area contributed by atoms with Crippen LogP contribution in [0, 0.1) is 0 Å². The van der Waals surface area contributed by atoms with E-state index in [9.17, 15) is 4.79 Å². The molecule has 0 spiro atoms. The number of carbonyl (C=O) groups is 1. The minimum absolute atomic E-state index is 0. The van der Waals surface area contributed by atoms with E-state index in [2.05, 4.69) is 5.32 Å². The van der Waals surface area contributed by atoms with E-state index in [1.807, 2.05) is 0 Å². The molecule has 2 aliphatic rings. The summed E-state index contributed by atoms with van der Waals surface area (Å²) in [6, 6.07) is 0.309. The van der Waals surface area contributed by atoms with Gasteiger partial charge in [0.2, 0.25) is 0 Å². The van der Waals surface area contributed by atoms with Crippen LogP contribution in [0.15, 0.2) is 0 Å². The molecule has 4 nitrogen and oxygen atoms in total. The highest BCUT2D eigenvalue weighted by Crippen LogP contribution is 2.21. The number of ether oxygens (including phenoxy) is 1. The number of fused-ring (bicyclic) bond motifs is 1. The third-order valence-corrected chi connectivity index (χ3v) is 2.43. The maximum atomic E-state index is 11.0. The number of halogens is 1. The standard InChI is InChI=1S/C7H12N2O2.ClH/c1-9-5-2-3-8-4-6(5)11-7(9)10;/h5-6,8H,2-4H2,1H3;1H/t5-,6-;/m1./s1. The van der Waals surface area contributed by atoms with Gasteiger partial charge in [0.05, 0.1) is 6.04 Å². The summed E-state index contributed by atoms with van der Waals surface area (Å²) in [5.41, 5.74) is 0. The second-order valence-corrected chi connectivity index (χ2v) is 3.09. The third kappa shape index (κ3) is 1.36. The second kappa shape index (κ2) is 3.49. The number of nitrogens with zero attached hydrogens (tertiary/aromatic N) is 1. The lowest BCUT2D eigenvalue weighted by atomic mass is 10.0. The molecule has 2 atom stereocenters. The minimum Gasteiger partial charge on any atom is -0.443 e. The first-order valence-electron chi connectivity index (χ1n) is 3.93. The van der Waals surface area contributed by atoms with Gasteiger partial charge in [-0.1, -0.05) is 0 Å². The Labute approximate surface area is 77.7 Å². The van der Waals surface area contributed by atoms with Crippen molar-refractivity contribution in [1.29, 1.82) is 0 Å². The van der Waals surface area contributed by atoms with Crippen molar-refractivity contribution in [2.24, 2.45) is 0 Å². The van der Waals surface area contributed by atoms with E-state index >= 15 is 0 Å². The van der Waals surface area contributed by atoms with Gasteiger partial charge in [-0.25, -0.2) is 4.79 Å². The highest BCUT2D eigenvalue weighted by Gasteiger charge is 2.40. The predicted molar refractivity (Wildman–Crippen MR) is 46.6 cm³/mol. The molecule has 0 aliphatic carbocycles. The van der Waals surface area contributed by atoms with E-state index in [4.69, 9.17) is 4.74 Å². The molecule has 2 rings (SSSR count). The van der Waals surface area contributed by atoms with Crippen molar-refractivity contribution in [3.63, 3.8) is 0 Å². The second-order valence-electron chi connectivity index (χ2n) is 3.09. The summed E-state index contributed by atoms with van der Waals surface area (Å²) in [6.07, 6.45) is 0.914. The fourth-order valence-electron chi connectivity index (χ4n) is 1.73.